The Morgan fingerprint density at radius 1 is 0.968 bits per heavy atom. The second-order valence-corrected chi connectivity index (χ2v) is 6.62. The van der Waals surface area contributed by atoms with E-state index in [0.29, 0.717) is 17.7 Å². The van der Waals surface area contributed by atoms with Crippen molar-refractivity contribution in [1.29, 1.82) is 0 Å². The van der Waals surface area contributed by atoms with Gasteiger partial charge < -0.3 is 9.64 Å². The number of allylic oxidation sites excluding steroid dienone is 3. The third-order valence-electron chi connectivity index (χ3n) is 4.37. The van der Waals surface area contributed by atoms with Gasteiger partial charge >= 0.3 is 6.18 Å². The summed E-state index contributed by atoms with van der Waals surface area (Å²) < 4.78 is 97.8. The van der Waals surface area contributed by atoms with Crippen molar-refractivity contribution in [3.05, 3.63) is 89.7 Å². The Hall–Kier alpha value is -3.23. The van der Waals surface area contributed by atoms with Gasteiger partial charge in [-0.3, -0.25) is 0 Å². The fourth-order valence-corrected chi connectivity index (χ4v) is 3.13. The largest absolute Gasteiger partial charge is 0.484 e. The first-order valence-electron chi connectivity index (χ1n) is 8.98. The normalized spacial score (nSPS) is 14.6. The van der Waals surface area contributed by atoms with Crippen LogP contribution < -0.4 is 4.74 Å². The van der Waals surface area contributed by atoms with Crippen LogP contribution in [0.5, 0.6) is 5.75 Å². The van der Waals surface area contributed by atoms with Gasteiger partial charge in [0.15, 0.2) is 6.61 Å². The number of benzene rings is 2. The molecule has 1 aliphatic heterocycles. The highest BCUT2D eigenvalue weighted by Crippen LogP contribution is 2.40. The van der Waals surface area contributed by atoms with Crippen LogP contribution >= 0.6 is 0 Å². The Morgan fingerprint density at radius 2 is 1.58 bits per heavy atom. The molecule has 0 saturated carbocycles. The van der Waals surface area contributed by atoms with Gasteiger partial charge in [0.05, 0.1) is 17.8 Å². The molecule has 3 rings (SSSR count). The monoisotopic (exact) mass is 443 g/mol. The third-order valence-corrected chi connectivity index (χ3v) is 4.37. The summed E-state index contributed by atoms with van der Waals surface area (Å²) >= 11 is 0. The van der Waals surface area contributed by atoms with E-state index in [4.69, 9.17) is 0 Å². The highest BCUT2D eigenvalue weighted by Gasteiger charge is 2.31. The van der Waals surface area contributed by atoms with Crippen LogP contribution in [0.3, 0.4) is 0 Å². The molecule has 0 atom stereocenters. The lowest BCUT2D eigenvalue weighted by Crippen LogP contribution is -2.29. The van der Waals surface area contributed by atoms with Gasteiger partial charge in [-0.1, -0.05) is 43.0 Å². The van der Waals surface area contributed by atoms with Crippen LogP contribution in [0.25, 0.3) is 11.3 Å². The van der Waals surface area contributed by atoms with E-state index >= 15 is 0 Å². The summed E-state index contributed by atoms with van der Waals surface area (Å²) in [5, 5.41) is 0. The molecule has 31 heavy (non-hydrogen) atoms. The number of nitrogens with zero attached hydrogens (tertiary/aromatic N) is 1. The van der Waals surface area contributed by atoms with Crippen molar-refractivity contribution in [2.45, 2.75) is 12.6 Å². The van der Waals surface area contributed by atoms with Crippen molar-refractivity contribution in [3.8, 4) is 5.75 Å². The maximum absolute atomic E-state index is 14.9. The van der Waals surface area contributed by atoms with Gasteiger partial charge in [0.2, 0.25) is 0 Å². The molecule has 0 aromatic heterocycles. The Balaban J connectivity index is 2.17. The molecule has 0 N–H and O–H groups in total. The van der Waals surface area contributed by atoms with Gasteiger partial charge in [0, 0.05) is 23.4 Å². The lowest BCUT2D eigenvalue weighted by molar-refractivity contribution is -0.153. The third kappa shape index (κ3) is 5.28. The van der Waals surface area contributed by atoms with Gasteiger partial charge in [0.25, 0.3) is 6.43 Å². The minimum Gasteiger partial charge on any atom is -0.484 e. The summed E-state index contributed by atoms with van der Waals surface area (Å²) in [7, 11) is 0. The van der Waals surface area contributed by atoms with E-state index < -0.39 is 48.7 Å². The lowest BCUT2D eigenvalue weighted by Gasteiger charge is -2.33. The van der Waals surface area contributed by atoms with E-state index in [0.717, 1.165) is 4.90 Å². The number of ether oxygens (including phenoxy) is 1. The smallest absolute Gasteiger partial charge is 0.422 e. The van der Waals surface area contributed by atoms with E-state index in [1.165, 1.54) is 12.2 Å². The molecule has 0 bridgehead atoms. The van der Waals surface area contributed by atoms with Crippen molar-refractivity contribution < 1.29 is 35.5 Å². The number of halogens is 7. The summed E-state index contributed by atoms with van der Waals surface area (Å²) in [5.41, 5.74) is -0.0703. The van der Waals surface area contributed by atoms with Gasteiger partial charge in [-0.15, -0.1) is 0 Å². The molecule has 9 heteroatoms. The average Bonchev–Trinajstić information content (AvgIpc) is 2.68. The molecule has 2 aromatic rings. The zero-order valence-corrected chi connectivity index (χ0v) is 15.9. The van der Waals surface area contributed by atoms with Gasteiger partial charge in [-0.05, 0) is 11.6 Å². The highest BCUT2D eigenvalue weighted by atomic mass is 19.4. The molecule has 0 spiro atoms. The molecule has 164 valence electrons. The van der Waals surface area contributed by atoms with Crippen molar-refractivity contribution in [2.75, 3.05) is 13.2 Å². The van der Waals surface area contributed by atoms with Crippen LogP contribution in [0.1, 0.15) is 11.1 Å². The fraction of sp³-hybridized carbons (Fsp3) is 0.182. The van der Waals surface area contributed by atoms with Gasteiger partial charge in [0.1, 0.15) is 17.4 Å². The highest BCUT2D eigenvalue weighted by molar-refractivity contribution is 5.97. The Kier molecular flexibility index (Phi) is 6.42. The minimum absolute atomic E-state index is 0.0752. The zero-order valence-electron chi connectivity index (χ0n) is 15.9. The first kappa shape index (κ1) is 22.5. The second kappa shape index (κ2) is 8.87. The van der Waals surface area contributed by atoms with Crippen molar-refractivity contribution >= 4 is 11.3 Å². The average molecular weight is 443 g/mol. The van der Waals surface area contributed by atoms with Crippen molar-refractivity contribution in [1.82, 2.24) is 4.90 Å². The quantitative estimate of drug-likeness (QED) is 0.478. The molecular weight excluding hydrogens is 427 g/mol. The molecule has 1 aliphatic rings. The summed E-state index contributed by atoms with van der Waals surface area (Å²) in [6.45, 7) is 1.04. The fourth-order valence-electron chi connectivity index (χ4n) is 3.13. The molecule has 2 aromatic carbocycles. The maximum Gasteiger partial charge on any atom is 0.422 e. The van der Waals surface area contributed by atoms with E-state index in [1.54, 1.807) is 30.3 Å². The molecule has 0 unspecified atom stereocenters. The molecule has 0 radical (unpaired) electrons. The summed E-state index contributed by atoms with van der Waals surface area (Å²) in [4.78, 5) is 0.977. The maximum atomic E-state index is 14.9. The molecule has 2 nitrogen and oxygen atoms in total. The molecular formula is C22H16F7NO. The van der Waals surface area contributed by atoms with E-state index in [9.17, 15) is 30.7 Å². The Bertz CT molecular complexity index is 1000. The van der Waals surface area contributed by atoms with Crippen LogP contribution in [0.4, 0.5) is 30.7 Å². The van der Waals surface area contributed by atoms with E-state index in [-0.39, 0.29) is 17.0 Å². The molecule has 1 heterocycles. The summed E-state index contributed by atoms with van der Waals surface area (Å²) in [5.74, 6) is -3.20. The second-order valence-electron chi connectivity index (χ2n) is 6.62. The van der Waals surface area contributed by atoms with Crippen LogP contribution in [-0.2, 0) is 0 Å². The first-order chi connectivity index (χ1) is 14.6. The van der Waals surface area contributed by atoms with Gasteiger partial charge in [-0.25, -0.2) is 17.6 Å². The minimum atomic E-state index is -4.70. The van der Waals surface area contributed by atoms with E-state index in [1.807, 2.05) is 0 Å². The van der Waals surface area contributed by atoms with E-state index in [2.05, 4.69) is 11.3 Å². The summed E-state index contributed by atoms with van der Waals surface area (Å²) in [6, 6.07) is 9.46. The first-order valence-corrected chi connectivity index (χ1v) is 8.98. The van der Waals surface area contributed by atoms with Crippen molar-refractivity contribution in [2.24, 2.45) is 0 Å². The number of alkyl halides is 5. The number of hydrogen-bond acceptors (Lipinski definition) is 2. The van der Waals surface area contributed by atoms with Gasteiger partial charge in [-0.2, -0.15) is 13.2 Å². The van der Waals surface area contributed by atoms with Crippen LogP contribution in [0.2, 0.25) is 0 Å². The lowest BCUT2D eigenvalue weighted by atomic mass is 9.94. The predicted molar refractivity (Wildman–Crippen MR) is 102 cm³/mol. The topological polar surface area (TPSA) is 12.5 Å². The Labute approximate surface area is 173 Å². The predicted octanol–water partition coefficient (Wildman–Crippen LogP) is 6.42. The van der Waals surface area contributed by atoms with Crippen molar-refractivity contribution in [3.63, 3.8) is 0 Å². The standard InChI is InChI=1S/C22H16F7NO/c1-13-7-8-16(14-5-3-2-4-6-14)21(30(13)11-19(25)26)20-17(23)9-15(10-18(20)24)31-12-22(27,28)29/h2-10,19H,1,11-12H2. The molecule has 0 amide bonds. The molecule has 0 aliphatic carbocycles. The van der Waals surface area contributed by atoms with Crippen LogP contribution in [0.15, 0.2) is 66.9 Å². The Morgan fingerprint density at radius 3 is 2.13 bits per heavy atom. The van der Waals surface area contributed by atoms with Crippen LogP contribution in [-0.4, -0.2) is 30.7 Å². The zero-order chi connectivity index (χ0) is 22.8. The number of rotatable bonds is 6. The molecule has 0 saturated heterocycles. The summed E-state index contributed by atoms with van der Waals surface area (Å²) in [6.07, 6.45) is -4.63. The van der Waals surface area contributed by atoms with Crippen LogP contribution in [0, 0.1) is 11.6 Å². The molecule has 0 fully saturated rings. The number of hydrogen-bond donors (Lipinski definition) is 0. The SMILES string of the molecule is C=C1C=CC(c2ccccc2)=C(c2c(F)cc(OCC(F)(F)F)cc2F)N1CC(F)F.